The van der Waals surface area contributed by atoms with Crippen molar-refractivity contribution in [1.82, 2.24) is 9.88 Å². The molecule has 1 heterocycles. The number of anilines is 1. The van der Waals surface area contributed by atoms with Crippen molar-refractivity contribution in [3.05, 3.63) is 90.0 Å². The van der Waals surface area contributed by atoms with E-state index in [2.05, 4.69) is 20.9 Å². The van der Waals surface area contributed by atoms with E-state index >= 15 is 0 Å². The number of carbonyl (C=O) groups excluding carboxylic acids is 3. The van der Waals surface area contributed by atoms with E-state index in [0.717, 1.165) is 5.56 Å². The minimum Gasteiger partial charge on any atom is -0.493 e. The molecule has 0 aliphatic heterocycles. The van der Waals surface area contributed by atoms with Gasteiger partial charge < -0.3 is 20.3 Å². The fourth-order valence-corrected chi connectivity index (χ4v) is 3.50. The van der Waals surface area contributed by atoms with Crippen LogP contribution in [-0.4, -0.2) is 33.9 Å². The quantitative estimate of drug-likeness (QED) is 0.348. The van der Waals surface area contributed by atoms with Gasteiger partial charge in [0.15, 0.2) is 5.69 Å². The highest BCUT2D eigenvalue weighted by atomic mass is 16.3. The molecule has 0 atom stereocenters. The van der Waals surface area contributed by atoms with E-state index in [-0.39, 0.29) is 30.6 Å². The highest BCUT2D eigenvalue weighted by Crippen LogP contribution is 2.38. The molecular weight excluding hydrogens is 446 g/mol. The van der Waals surface area contributed by atoms with Gasteiger partial charge in [0, 0.05) is 16.6 Å². The first-order valence-electron chi connectivity index (χ1n) is 10.9. The summed E-state index contributed by atoms with van der Waals surface area (Å²) in [5.41, 5.74) is 2.75. The number of azo groups is 1. The molecule has 1 aromatic heterocycles. The van der Waals surface area contributed by atoms with Gasteiger partial charge in [-0.05, 0) is 37.3 Å². The average molecular weight is 470 g/mol. The fourth-order valence-electron chi connectivity index (χ4n) is 3.50. The third-order valence-electron chi connectivity index (χ3n) is 5.25. The molecule has 9 heteroatoms. The average Bonchev–Trinajstić information content (AvgIpc) is 3.13. The zero-order chi connectivity index (χ0) is 24.8. The Labute approximate surface area is 201 Å². The Morgan fingerprint density at radius 2 is 1.60 bits per heavy atom. The first-order chi connectivity index (χ1) is 16.9. The number of nitrogens with one attached hydrogen (secondary N) is 2. The molecule has 4 aromatic rings. The molecule has 0 aliphatic rings. The molecule has 0 fully saturated rings. The van der Waals surface area contributed by atoms with Gasteiger partial charge in [-0.25, -0.2) is 0 Å². The second-order valence-corrected chi connectivity index (χ2v) is 7.83. The number of nitrogens with zero attached hydrogens (tertiary/aromatic N) is 3. The van der Waals surface area contributed by atoms with Crippen molar-refractivity contribution in [3.63, 3.8) is 0 Å². The first-order valence-corrected chi connectivity index (χ1v) is 10.9. The molecule has 0 bridgehead atoms. The highest BCUT2D eigenvalue weighted by Gasteiger charge is 2.19. The predicted molar refractivity (Wildman–Crippen MR) is 132 cm³/mol. The molecule has 9 nitrogen and oxygen atoms in total. The Bertz CT molecular complexity index is 1410. The molecule has 3 amide bonds. The van der Waals surface area contributed by atoms with Crippen LogP contribution >= 0.6 is 0 Å². The predicted octanol–water partition coefficient (Wildman–Crippen LogP) is 4.33. The number of benzene rings is 3. The van der Waals surface area contributed by atoms with Gasteiger partial charge in [-0.3, -0.25) is 14.4 Å². The lowest BCUT2D eigenvalue weighted by atomic mass is 10.2. The highest BCUT2D eigenvalue weighted by molar-refractivity contribution is 5.98. The van der Waals surface area contributed by atoms with Crippen LogP contribution in [0.2, 0.25) is 0 Å². The van der Waals surface area contributed by atoms with Crippen molar-refractivity contribution in [1.29, 1.82) is 0 Å². The molecule has 3 N–H and O–H groups in total. The molecule has 0 radical (unpaired) electrons. The van der Waals surface area contributed by atoms with Gasteiger partial charge >= 0.3 is 0 Å². The lowest BCUT2D eigenvalue weighted by molar-refractivity contribution is -0.117. The second kappa shape index (κ2) is 10.4. The molecule has 176 valence electrons. The lowest BCUT2D eigenvalue weighted by Crippen LogP contribution is -2.28. The van der Waals surface area contributed by atoms with E-state index < -0.39 is 11.8 Å². The molecule has 0 aliphatic carbocycles. The number of amides is 3. The summed E-state index contributed by atoms with van der Waals surface area (Å²) in [6.07, 6.45) is 0. The fraction of sp³-hybridized carbons (Fsp3) is 0.115. The number of aromatic nitrogens is 1. The molecule has 3 aromatic carbocycles. The van der Waals surface area contributed by atoms with Gasteiger partial charge in [0.25, 0.3) is 11.8 Å². The van der Waals surface area contributed by atoms with E-state index in [1.165, 1.54) is 4.57 Å². The number of carbonyl (C=O) groups is 3. The Morgan fingerprint density at radius 3 is 2.34 bits per heavy atom. The molecule has 0 saturated carbocycles. The van der Waals surface area contributed by atoms with Gasteiger partial charge in [0.05, 0.1) is 5.52 Å². The largest absolute Gasteiger partial charge is 0.493 e. The summed E-state index contributed by atoms with van der Waals surface area (Å²) in [5.74, 6) is -1.74. The van der Waals surface area contributed by atoms with Gasteiger partial charge in [-0.1, -0.05) is 54.1 Å². The van der Waals surface area contributed by atoms with Crippen LogP contribution in [0.15, 0.2) is 89.1 Å². The molecule has 35 heavy (non-hydrogen) atoms. The molecule has 0 saturated heterocycles. The summed E-state index contributed by atoms with van der Waals surface area (Å²) in [5, 5.41) is 24.2. The number of aromatic hydroxyl groups is 1. The van der Waals surface area contributed by atoms with Crippen molar-refractivity contribution in [2.24, 2.45) is 10.2 Å². The van der Waals surface area contributed by atoms with E-state index in [4.69, 9.17) is 0 Å². The minimum absolute atomic E-state index is 0.0615. The van der Waals surface area contributed by atoms with Crippen LogP contribution in [0.5, 0.6) is 5.88 Å². The number of rotatable bonds is 7. The third-order valence-corrected chi connectivity index (χ3v) is 5.25. The number of para-hydroxylation sites is 1. The van der Waals surface area contributed by atoms with E-state index in [0.29, 0.717) is 22.2 Å². The SMILES string of the molecule is Cc1ccc(NC(=O)Cn2c(O)c(N=NC(=O)CNC(=O)c3ccccc3)c3ccccc32)cc1. The first kappa shape index (κ1) is 23.4. The normalized spacial score (nSPS) is 11.0. The zero-order valence-corrected chi connectivity index (χ0v) is 18.9. The zero-order valence-electron chi connectivity index (χ0n) is 18.9. The molecule has 4 rings (SSSR count). The van der Waals surface area contributed by atoms with Crippen molar-refractivity contribution in [2.45, 2.75) is 13.5 Å². The Kier molecular flexibility index (Phi) is 6.96. The summed E-state index contributed by atoms with van der Waals surface area (Å²) >= 11 is 0. The summed E-state index contributed by atoms with van der Waals surface area (Å²) in [6.45, 7) is 1.43. The monoisotopic (exact) mass is 469 g/mol. The van der Waals surface area contributed by atoms with E-state index in [9.17, 15) is 19.5 Å². The van der Waals surface area contributed by atoms with Crippen molar-refractivity contribution in [2.75, 3.05) is 11.9 Å². The summed E-state index contributed by atoms with van der Waals surface area (Å²) in [4.78, 5) is 36.9. The Morgan fingerprint density at radius 1 is 0.914 bits per heavy atom. The Balaban J connectivity index is 1.48. The van der Waals surface area contributed by atoms with Crippen LogP contribution in [0, 0.1) is 6.92 Å². The molecule has 0 spiro atoms. The van der Waals surface area contributed by atoms with E-state index in [1.54, 1.807) is 66.7 Å². The third kappa shape index (κ3) is 5.59. The number of aryl methyl sites for hydroxylation is 1. The molecular formula is C26H23N5O4. The number of hydrogen-bond acceptors (Lipinski definition) is 5. The van der Waals surface area contributed by atoms with Crippen molar-refractivity contribution < 1.29 is 19.5 Å². The maximum Gasteiger partial charge on any atom is 0.283 e. The van der Waals surface area contributed by atoms with Gasteiger partial charge in [0.1, 0.15) is 13.1 Å². The smallest absolute Gasteiger partial charge is 0.283 e. The summed E-state index contributed by atoms with van der Waals surface area (Å²) < 4.78 is 1.40. The van der Waals surface area contributed by atoms with Gasteiger partial charge in [-0.2, -0.15) is 0 Å². The molecule has 0 unspecified atom stereocenters. The topological polar surface area (TPSA) is 125 Å². The van der Waals surface area contributed by atoms with Crippen LogP contribution in [0.1, 0.15) is 15.9 Å². The van der Waals surface area contributed by atoms with Crippen LogP contribution in [0.3, 0.4) is 0 Å². The lowest BCUT2D eigenvalue weighted by Gasteiger charge is -2.08. The van der Waals surface area contributed by atoms with Crippen LogP contribution < -0.4 is 10.6 Å². The van der Waals surface area contributed by atoms with Crippen LogP contribution in [-0.2, 0) is 16.1 Å². The number of fused-ring (bicyclic) bond motifs is 1. The Hall–Kier alpha value is -4.79. The van der Waals surface area contributed by atoms with Crippen LogP contribution in [0.4, 0.5) is 11.4 Å². The summed E-state index contributed by atoms with van der Waals surface area (Å²) in [6, 6.07) is 22.8. The standard InChI is InChI=1S/C26H23N5O4/c1-17-11-13-19(14-12-17)28-23(33)16-31-21-10-6-5-9-20(21)24(26(31)35)30-29-22(32)15-27-25(34)18-7-3-2-4-8-18/h2-14,35H,15-16H2,1H3,(H,27,34)(H,28,33). The van der Waals surface area contributed by atoms with Gasteiger partial charge in [0.2, 0.25) is 11.8 Å². The van der Waals surface area contributed by atoms with E-state index in [1.807, 2.05) is 19.1 Å². The summed E-state index contributed by atoms with van der Waals surface area (Å²) in [7, 11) is 0. The van der Waals surface area contributed by atoms with Crippen molar-refractivity contribution >= 4 is 40.0 Å². The van der Waals surface area contributed by atoms with Crippen molar-refractivity contribution in [3.8, 4) is 5.88 Å². The minimum atomic E-state index is -0.692. The van der Waals surface area contributed by atoms with Crippen LogP contribution in [0.25, 0.3) is 10.9 Å². The maximum atomic E-state index is 12.6. The number of hydrogen-bond donors (Lipinski definition) is 3. The maximum absolute atomic E-state index is 12.6. The van der Waals surface area contributed by atoms with Gasteiger partial charge in [-0.15, -0.1) is 10.2 Å². The second-order valence-electron chi connectivity index (χ2n) is 7.83.